The molecular formula is C16H12BrClO3. The molecule has 0 saturated carbocycles. The molecule has 21 heavy (non-hydrogen) atoms. The zero-order chi connectivity index (χ0) is 15.4. The van der Waals surface area contributed by atoms with Crippen LogP contribution in [0.2, 0.25) is 5.02 Å². The highest BCUT2D eigenvalue weighted by Gasteiger charge is 2.06. The molecule has 0 spiro atoms. The molecule has 0 aliphatic rings. The Morgan fingerprint density at radius 2 is 2.05 bits per heavy atom. The molecule has 0 aromatic heterocycles. The van der Waals surface area contributed by atoms with Gasteiger partial charge in [0.1, 0.15) is 11.5 Å². The van der Waals surface area contributed by atoms with E-state index in [2.05, 4.69) is 15.9 Å². The smallest absolute Gasteiger partial charge is 0.328 e. The van der Waals surface area contributed by atoms with Crippen molar-refractivity contribution in [1.82, 2.24) is 0 Å². The van der Waals surface area contributed by atoms with Crippen molar-refractivity contribution in [2.75, 3.05) is 0 Å². The van der Waals surface area contributed by atoms with Crippen molar-refractivity contribution in [1.29, 1.82) is 0 Å². The van der Waals surface area contributed by atoms with E-state index in [0.717, 1.165) is 16.1 Å². The summed E-state index contributed by atoms with van der Waals surface area (Å²) in [6.45, 7) is 1.89. The second-order valence-corrected chi connectivity index (χ2v) is 5.69. The predicted octanol–water partition coefficient (Wildman–Crippen LogP) is 5.30. The number of benzene rings is 2. The van der Waals surface area contributed by atoms with Gasteiger partial charge in [0, 0.05) is 21.1 Å². The molecule has 2 rings (SSSR count). The molecule has 0 aliphatic carbocycles. The molecule has 3 nitrogen and oxygen atoms in total. The van der Waals surface area contributed by atoms with Crippen molar-refractivity contribution in [3.8, 4) is 11.5 Å². The van der Waals surface area contributed by atoms with Crippen LogP contribution in [0.25, 0.3) is 6.08 Å². The van der Waals surface area contributed by atoms with Crippen LogP contribution < -0.4 is 4.74 Å². The van der Waals surface area contributed by atoms with Crippen molar-refractivity contribution in [3.63, 3.8) is 0 Å². The third kappa shape index (κ3) is 4.34. The number of halogens is 2. The Labute approximate surface area is 135 Å². The van der Waals surface area contributed by atoms with Crippen molar-refractivity contribution in [2.45, 2.75) is 6.92 Å². The third-order valence-electron chi connectivity index (χ3n) is 2.73. The molecule has 5 heteroatoms. The largest absolute Gasteiger partial charge is 0.478 e. The summed E-state index contributed by atoms with van der Waals surface area (Å²) in [6, 6.07) is 10.7. The van der Waals surface area contributed by atoms with Crippen molar-refractivity contribution in [2.24, 2.45) is 0 Å². The molecule has 0 atom stereocenters. The fourth-order valence-electron chi connectivity index (χ4n) is 1.71. The summed E-state index contributed by atoms with van der Waals surface area (Å²) < 4.78 is 6.65. The van der Waals surface area contributed by atoms with Crippen molar-refractivity contribution in [3.05, 3.63) is 63.1 Å². The number of carboxylic acids is 1. The van der Waals surface area contributed by atoms with Crippen molar-refractivity contribution < 1.29 is 14.6 Å². The van der Waals surface area contributed by atoms with Gasteiger partial charge in [-0.1, -0.05) is 27.5 Å². The van der Waals surface area contributed by atoms with E-state index in [-0.39, 0.29) is 0 Å². The van der Waals surface area contributed by atoms with E-state index in [1.54, 1.807) is 24.3 Å². The Bertz CT molecular complexity index is 711. The van der Waals surface area contributed by atoms with Gasteiger partial charge in [-0.25, -0.2) is 4.79 Å². The van der Waals surface area contributed by atoms with E-state index in [1.807, 2.05) is 19.1 Å². The zero-order valence-electron chi connectivity index (χ0n) is 11.1. The first-order valence-electron chi connectivity index (χ1n) is 6.10. The van der Waals surface area contributed by atoms with Gasteiger partial charge in [-0.15, -0.1) is 0 Å². The molecule has 0 heterocycles. The highest BCUT2D eigenvalue weighted by molar-refractivity contribution is 9.10. The SMILES string of the molecule is Cc1cc(Oc2ccc(Br)cc2/C=C/C(=O)O)ccc1Cl. The minimum atomic E-state index is -1.01. The molecule has 108 valence electrons. The number of carboxylic acid groups (broad SMARTS) is 1. The number of hydrogen-bond acceptors (Lipinski definition) is 2. The molecule has 0 aliphatic heterocycles. The molecule has 2 aromatic carbocycles. The van der Waals surface area contributed by atoms with Crippen LogP contribution in [0.4, 0.5) is 0 Å². The average Bonchev–Trinajstić information content (AvgIpc) is 2.43. The maximum atomic E-state index is 10.7. The lowest BCUT2D eigenvalue weighted by Crippen LogP contribution is -1.90. The number of aryl methyl sites for hydroxylation is 1. The zero-order valence-corrected chi connectivity index (χ0v) is 13.5. The molecule has 0 fully saturated rings. The summed E-state index contributed by atoms with van der Waals surface area (Å²) >= 11 is 9.34. The maximum absolute atomic E-state index is 10.7. The average molecular weight is 368 g/mol. The first-order chi connectivity index (χ1) is 9.95. The summed E-state index contributed by atoms with van der Waals surface area (Å²) in [5.74, 6) is 0.199. The summed E-state index contributed by atoms with van der Waals surface area (Å²) in [4.78, 5) is 10.7. The van der Waals surface area contributed by atoms with Crippen LogP contribution >= 0.6 is 27.5 Å². The molecule has 0 bridgehead atoms. The number of rotatable bonds is 4. The monoisotopic (exact) mass is 366 g/mol. The molecule has 0 radical (unpaired) electrons. The van der Waals surface area contributed by atoms with Crippen LogP contribution in [0, 0.1) is 6.92 Å². The first-order valence-corrected chi connectivity index (χ1v) is 7.27. The van der Waals surface area contributed by atoms with Crippen LogP contribution in [-0.4, -0.2) is 11.1 Å². The third-order valence-corrected chi connectivity index (χ3v) is 3.65. The highest BCUT2D eigenvalue weighted by atomic mass is 79.9. The fourth-order valence-corrected chi connectivity index (χ4v) is 2.21. The van der Waals surface area contributed by atoms with Crippen LogP contribution in [0.1, 0.15) is 11.1 Å². The molecule has 0 unspecified atom stereocenters. The molecule has 1 N–H and O–H groups in total. The minimum absolute atomic E-state index is 0.567. The lowest BCUT2D eigenvalue weighted by molar-refractivity contribution is -0.131. The number of carbonyl (C=O) groups is 1. The van der Waals surface area contributed by atoms with Crippen LogP contribution in [-0.2, 0) is 4.79 Å². The minimum Gasteiger partial charge on any atom is -0.478 e. The highest BCUT2D eigenvalue weighted by Crippen LogP contribution is 2.30. The quantitative estimate of drug-likeness (QED) is 0.746. The van der Waals surface area contributed by atoms with E-state index in [4.69, 9.17) is 21.4 Å². The van der Waals surface area contributed by atoms with E-state index in [1.165, 1.54) is 6.08 Å². The summed E-state index contributed by atoms with van der Waals surface area (Å²) in [7, 11) is 0. The summed E-state index contributed by atoms with van der Waals surface area (Å²) in [5, 5.41) is 9.41. The van der Waals surface area contributed by atoms with Gasteiger partial charge in [-0.2, -0.15) is 0 Å². The molecular weight excluding hydrogens is 356 g/mol. The van der Waals surface area contributed by atoms with Crippen LogP contribution in [0.15, 0.2) is 46.9 Å². The lowest BCUT2D eigenvalue weighted by atomic mass is 10.2. The summed E-state index contributed by atoms with van der Waals surface area (Å²) in [5.41, 5.74) is 1.58. The Morgan fingerprint density at radius 3 is 2.71 bits per heavy atom. The van der Waals surface area contributed by atoms with Gasteiger partial charge in [-0.05, 0) is 55.0 Å². The first kappa shape index (κ1) is 15.6. The Balaban J connectivity index is 2.34. The van der Waals surface area contributed by atoms with E-state index >= 15 is 0 Å². The second-order valence-electron chi connectivity index (χ2n) is 4.37. The predicted molar refractivity (Wildman–Crippen MR) is 87.1 cm³/mol. The van der Waals surface area contributed by atoms with Gasteiger partial charge >= 0.3 is 5.97 Å². The van der Waals surface area contributed by atoms with Gasteiger partial charge in [0.2, 0.25) is 0 Å². The summed E-state index contributed by atoms with van der Waals surface area (Å²) in [6.07, 6.45) is 2.56. The fraction of sp³-hybridized carbons (Fsp3) is 0.0625. The standard InChI is InChI=1S/C16H12BrClO3/c1-10-8-13(4-5-14(10)18)21-15-6-3-12(17)9-11(15)2-7-16(19)20/h2-9H,1H3,(H,19,20)/b7-2+. The van der Waals surface area contributed by atoms with E-state index < -0.39 is 5.97 Å². The van der Waals surface area contributed by atoms with Gasteiger partial charge < -0.3 is 9.84 Å². The topological polar surface area (TPSA) is 46.5 Å². The molecule has 0 amide bonds. The Kier molecular flexibility index (Phi) is 5.04. The Morgan fingerprint density at radius 1 is 1.29 bits per heavy atom. The van der Waals surface area contributed by atoms with Crippen LogP contribution in [0.3, 0.4) is 0 Å². The Hall–Kier alpha value is -1.78. The normalized spacial score (nSPS) is 10.8. The van der Waals surface area contributed by atoms with Gasteiger partial charge in [0.15, 0.2) is 0 Å². The van der Waals surface area contributed by atoms with Crippen LogP contribution in [0.5, 0.6) is 11.5 Å². The second kappa shape index (κ2) is 6.78. The lowest BCUT2D eigenvalue weighted by Gasteiger charge is -2.10. The van der Waals surface area contributed by atoms with Gasteiger partial charge in [-0.3, -0.25) is 0 Å². The van der Waals surface area contributed by atoms with E-state index in [9.17, 15) is 4.79 Å². The number of ether oxygens (including phenoxy) is 1. The van der Waals surface area contributed by atoms with Gasteiger partial charge in [0.05, 0.1) is 0 Å². The number of aliphatic carboxylic acids is 1. The maximum Gasteiger partial charge on any atom is 0.328 e. The van der Waals surface area contributed by atoms with Crippen molar-refractivity contribution >= 4 is 39.6 Å². The number of hydrogen-bond donors (Lipinski definition) is 1. The molecule has 0 saturated heterocycles. The molecule has 2 aromatic rings. The van der Waals surface area contributed by atoms with E-state index in [0.29, 0.717) is 22.1 Å². The van der Waals surface area contributed by atoms with Gasteiger partial charge in [0.25, 0.3) is 0 Å².